The molecule has 0 aromatic heterocycles. The maximum Gasteiger partial charge on any atom is 0.257 e. The number of nitrogens with zero attached hydrogens (tertiary/aromatic N) is 1. The molecule has 0 radical (unpaired) electrons. The monoisotopic (exact) mass is 392 g/mol. The van der Waals surface area contributed by atoms with Crippen LogP contribution in [0.2, 0.25) is 5.02 Å². The van der Waals surface area contributed by atoms with Crippen LogP contribution in [-0.4, -0.2) is 29.3 Å². The third-order valence-corrected chi connectivity index (χ3v) is 4.81. The van der Waals surface area contributed by atoms with Crippen LogP contribution in [-0.2, 0) is 11.3 Å². The summed E-state index contributed by atoms with van der Waals surface area (Å²) in [7, 11) is 0. The number of benzene rings is 2. The number of hydrogen-bond acceptors (Lipinski definition) is 2. The molecule has 1 atom stereocenters. The van der Waals surface area contributed by atoms with Crippen molar-refractivity contribution in [2.45, 2.75) is 31.8 Å². The van der Waals surface area contributed by atoms with Crippen molar-refractivity contribution in [1.29, 1.82) is 0 Å². The van der Waals surface area contributed by atoms with E-state index in [9.17, 15) is 18.4 Å². The van der Waals surface area contributed by atoms with E-state index in [2.05, 4.69) is 5.32 Å². The zero-order valence-corrected chi connectivity index (χ0v) is 15.3. The standard InChI is InChI=1S/C20H19ClF2N2O2/c21-14-9-7-13(8-10-14)12-25-11-2-1-6-17(20(25)27)24-19(26)18-15(22)4-3-5-16(18)23/h3-5,7-10,17H,1-2,6,11-12H2,(H,24,26). The number of nitrogens with one attached hydrogen (secondary N) is 1. The molecular formula is C20H19ClF2N2O2. The van der Waals surface area contributed by atoms with E-state index in [1.165, 1.54) is 6.07 Å². The third-order valence-electron chi connectivity index (χ3n) is 4.56. The highest BCUT2D eigenvalue weighted by Crippen LogP contribution is 2.18. The van der Waals surface area contributed by atoms with E-state index < -0.39 is 29.1 Å². The quantitative estimate of drug-likeness (QED) is 0.857. The third kappa shape index (κ3) is 4.63. The largest absolute Gasteiger partial charge is 0.340 e. The molecule has 2 aromatic carbocycles. The molecule has 0 bridgehead atoms. The first-order valence-corrected chi connectivity index (χ1v) is 9.11. The van der Waals surface area contributed by atoms with Gasteiger partial charge in [-0.25, -0.2) is 8.78 Å². The van der Waals surface area contributed by atoms with E-state index in [1.54, 1.807) is 17.0 Å². The summed E-state index contributed by atoms with van der Waals surface area (Å²) >= 11 is 5.88. The van der Waals surface area contributed by atoms with Crippen LogP contribution >= 0.6 is 11.6 Å². The van der Waals surface area contributed by atoms with E-state index in [4.69, 9.17) is 11.6 Å². The van der Waals surface area contributed by atoms with Gasteiger partial charge >= 0.3 is 0 Å². The molecule has 7 heteroatoms. The summed E-state index contributed by atoms with van der Waals surface area (Å²) in [5.41, 5.74) is 0.249. The lowest BCUT2D eigenvalue weighted by Crippen LogP contribution is -2.47. The first-order chi connectivity index (χ1) is 13.0. The Morgan fingerprint density at radius 3 is 2.44 bits per heavy atom. The van der Waals surface area contributed by atoms with E-state index in [0.717, 1.165) is 30.5 Å². The van der Waals surface area contributed by atoms with Gasteiger partial charge in [0.15, 0.2) is 0 Å². The van der Waals surface area contributed by atoms with Gasteiger partial charge in [-0.15, -0.1) is 0 Å². The molecular weight excluding hydrogens is 374 g/mol. The molecule has 0 aliphatic carbocycles. The van der Waals surface area contributed by atoms with Gasteiger partial charge in [0.25, 0.3) is 5.91 Å². The lowest BCUT2D eigenvalue weighted by molar-refractivity contribution is -0.133. The fourth-order valence-corrected chi connectivity index (χ4v) is 3.28. The minimum Gasteiger partial charge on any atom is -0.340 e. The molecule has 142 valence electrons. The van der Waals surface area contributed by atoms with E-state index >= 15 is 0 Å². The second kappa shape index (κ2) is 8.48. The Morgan fingerprint density at radius 2 is 1.78 bits per heavy atom. The highest BCUT2D eigenvalue weighted by molar-refractivity contribution is 6.30. The van der Waals surface area contributed by atoms with Gasteiger partial charge in [0.1, 0.15) is 23.2 Å². The Hall–Kier alpha value is -2.47. The summed E-state index contributed by atoms with van der Waals surface area (Å²) < 4.78 is 27.6. The van der Waals surface area contributed by atoms with Crippen LogP contribution < -0.4 is 5.32 Å². The first kappa shape index (κ1) is 19.3. The highest BCUT2D eigenvalue weighted by Gasteiger charge is 2.30. The number of amides is 2. The van der Waals surface area contributed by atoms with E-state index in [1.807, 2.05) is 12.1 Å². The molecule has 2 aromatic rings. The van der Waals surface area contributed by atoms with Crippen LogP contribution in [0, 0.1) is 11.6 Å². The second-order valence-corrected chi connectivity index (χ2v) is 6.94. The van der Waals surface area contributed by atoms with Crippen molar-refractivity contribution < 1.29 is 18.4 Å². The lowest BCUT2D eigenvalue weighted by atomic mass is 10.1. The molecule has 1 aliphatic rings. The topological polar surface area (TPSA) is 49.4 Å². The predicted molar refractivity (Wildman–Crippen MR) is 98.3 cm³/mol. The fourth-order valence-electron chi connectivity index (χ4n) is 3.15. The number of carbonyl (C=O) groups excluding carboxylic acids is 2. The molecule has 27 heavy (non-hydrogen) atoms. The van der Waals surface area contributed by atoms with Gasteiger partial charge in [0.05, 0.1) is 0 Å². The van der Waals surface area contributed by atoms with Crippen LogP contribution in [0.5, 0.6) is 0 Å². The van der Waals surface area contributed by atoms with Crippen molar-refractivity contribution in [3.63, 3.8) is 0 Å². The normalized spacial score (nSPS) is 17.5. The van der Waals surface area contributed by atoms with Crippen LogP contribution in [0.15, 0.2) is 42.5 Å². The summed E-state index contributed by atoms with van der Waals surface area (Å²) in [5.74, 6) is -3.08. The van der Waals surface area contributed by atoms with Gasteiger partial charge in [0.2, 0.25) is 5.91 Å². The molecule has 3 rings (SSSR count). The summed E-state index contributed by atoms with van der Waals surface area (Å²) in [6.45, 7) is 0.943. The van der Waals surface area contributed by atoms with Crippen molar-refractivity contribution in [2.75, 3.05) is 6.54 Å². The zero-order chi connectivity index (χ0) is 19.4. The number of rotatable bonds is 4. The van der Waals surface area contributed by atoms with Gasteiger partial charge < -0.3 is 10.2 Å². The number of hydrogen-bond donors (Lipinski definition) is 1. The average molecular weight is 393 g/mol. The number of likely N-dealkylation sites (tertiary alicyclic amines) is 1. The Kier molecular flexibility index (Phi) is 6.06. The molecule has 0 spiro atoms. The van der Waals surface area contributed by atoms with Crippen LogP contribution in [0.1, 0.15) is 35.2 Å². The molecule has 0 saturated carbocycles. The minimum atomic E-state index is -0.952. The summed E-state index contributed by atoms with van der Waals surface area (Å²) in [5, 5.41) is 3.11. The van der Waals surface area contributed by atoms with Gasteiger partial charge in [-0.3, -0.25) is 9.59 Å². The Morgan fingerprint density at radius 1 is 1.11 bits per heavy atom. The summed E-state index contributed by atoms with van der Waals surface area (Å²) in [4.78, 5) is 26.8. The van der Waals surface area contributed by atoms with Crippen LogP contribution in [0.3, 0.4) is 0 Å². The fraction of sp³-hybridized carbons (Fsp3) is 0.300. The molecule has 2 amide bonds. The smallest absolute Gasteiger partial charge is 0.257 e. The predicted octanol–water partition coefficient (Wildman–Crippen LogP) is 3.93. The minimum absolute atomic E-state index is 0.257. The first-order valence-electron chi connectivity index (χ1n) is 8.74. The number of carbonyl (C=O) groups is 2. The summed E-state index contributed by atoms with van der Waals surface area (Å²) in [6.07, 6.45) is 1.95. The van der Waals surface area contributed by atoms with Crippen LogP contribution in [0.25, 0.3) is 0 Å². The number of halogens is 3. The van der Waals surface area contributed by atoms with E-state index in [0.29, 0.717) is 24.5 Å². The van der Waals surface area contributed by atoms with Gasteiger partial charge in [0, 0.05) is 18.1 Å². The molecule has 1 heterocycles. The lowest BCUT2D eigenvalue weighted by Gasteiger charge is -2.25. The van der Waals surface area contributed by atoms with Crippen molar-refractivity contribution >= 4 is 23.4 Å². The second-order valence-electron chi connectivity index (χ2n) is 6.50. The maximum absolute atomic E-state index is 13.8. The molecule has 4 nitrogen and oxygen atoms in total. The van der Waals surface area contributed by atoms with E-state index in [-0.39, 0.29) is 5.91 Å². The Bertz CT molecular complexity index is 822. The van der Waals surface area contributed by atoms with Crippen molar-refractivity contribution in [3.8, 4) is 0 Å². The van der Waals surface area contributed by atoms with Crippen molar-refractivity contribution in [1.82, 2.24) is 10.2 Å². The van der Waals surface area contributed by atoms with Crippen LogP contribution in [0.4, 0.5) is 8.78 Å². The Labute approximate surface area is 161 Å². The molecule has 1 fully saturated rings. The highest BCUT2D eigenvalue weighted by atomic mass is 35.5. The van der Waals surface area contributed by atoms with Crippen molar-refractivity contribution in [3.05, 3.63) is 70.2 Å². The molecule has 1 N–H and O–H groups in total. The zero-order valence-electron chi connectivity index (χ0n) is 14.6. The van der Waals surface area contributed by atoms with Gasteiger partial charge in [-0.05, 0) is 49.1 Å². The SMILES string of the molecule is O=C(NC1CCCCN(Cc2ccc(Cl)cc2)C1=O)c1c(F)cccc1F. The summed E-state index contributed by atoms with van der Waals surface area (Å²) in [6, 6.07) is 9.57. The Balaban J connectivity index is 1.73. The average Bonchev–Trinajstić information content (AvgIpc) is 2.79. The van der Waals surface area contributed by atoms with Crippen molar-refractivity contribution in [2.24, 2.45) is 0 Å². The molecule has 1 aliphatic heterocycles. The van der Waals surface area contributed by atoms with Gasteiger partial charge in [-0.1, -0.05) is 29.8 Å². The molecule has 1 unspecified atom stereocenters. The molecule has 1 saturated heterocycles. The maximum atomic E-state index is 13.8. The van der Waals surface area contributed by atoms with Gasteiger partial charge in [-0.2, -0.15) is 0 Å².